The van der Waals surface area contributed by atoms with Crippen molar-refractivity contribution in [3.63, 3.8) is 0 Å². The normalized spacial score (nSPS) is 9.57. The maximum atomic E-state index is 10.5. The summed E-state index contributed by atoms with van der Waals surface area (Å²) >= 11 is 5.82. The Balaban J connectivity index is 3.08. The highest BCUT2D eigenvalue weighted by Crippen LogP contribution is 2.33. The highest BCUT2D eigenvalue weighted by Gasteiger charge is 2.07. The smallest absolute Gasteiger partial charge is 0.316 e. The number of benzene rings is 1. The number of phenolic OH excluding ortho intramolecular Hbond substituents is 1. The van der Waals surface area contributed by atoms with Crippen LogP contribution in [0.3, 0.4) is 0 Å². The average molecular weight is 216 g/mol. The maximum absolute atomic E-state index is 10.5. The van der Waals surface area contributed by atoms with E-state index >= 15 is 0 Å². The number of anilines is 2. The Morgan fingerprint density at radius 1 is 1.50 bits per heavy atom. The van der Waals surface area contributed by atoms with Gasteiger partial charge in [0.05, 0.1) is 16.4 Å². The SMILES string of the molecule is CNc1cc(O)c(NC(N)=O)cc1Cl. The van der Waals surface area contributed by atoms with E-state index in [1.165, 1.54) is 12.1 Å². The number of aromatic hydroxyl groups is 1. The third kappa shape index (κ3) is 2.20. The van der Waals surface area contributed by atoms with Crippen LogP contribution >= 0.6 is 11.6 Å². The first kappa shape index (κ1) is 10.5. The summed E-state index contributed by atoms with van der Waals surface area (Å²) in [6.45, 7) is 0. The maximum Gasteiger partial charge on any atom is 0.316 e. The van der Waals surface area contributed by atoms with E-state index < -0.39 is 6.03 Å². The van der Waals surface area contributed by atoms with Crippen molar-refractivity contribution in [2.24, 2.45) is 5.73 Å². The molecule has 5 N–H and O–H groups in total. The zero-order valence-corrected chi connectivity index (χ0v) is 8.22. The van der Waals surface area contributed by atoms with E-state index in [1.807, 2.05) is 0 Å². The van der Waals surface area contributed by atoms with Crippen LogP contribution in [0.1, 0.15) is 0 Å². The summed E-state index contributed by atoms with van der Waals surface area (Å²) in [6, 6.07) is 2.05. The molecule has 14 heavy (non-hydrogen) atoms. The predicted octanol–water partition coefficient (Wildman–Crippen LogP) is 1.58. The molecule has 0 unspecified atom stereocenters. The number of halogens is 1. The number of carbonyl (C=O) groups excluding carboxylic acids is 1. The molecular formula is C8H10ClN3O2. The lowest BCUT2D eigenvalue weighted by Crippen LogP contribution is -2.19. The number of primary amides is 1. The van der Waals surface area contributed by atoms with Crippen molar-refractivity contribution in [2.75, 3.05) is 17.7 Å². The van der Waals surface area contributed by atoms with Crippen molar-refractivity contribution < 1.29 is 9.90 Å². The standard InChI is InChI=1S/C8H10ClN3O2/c1-11-5-3-7(13)6(2-4(5)9)12-8(10)14/h2-3,11,13H,1H3,(H3,10,12,14). The molecule has 0 heterocycles. The summed E-state index contributed by atoms with van der Waals surface area (Å²) in [5, 5.41) is 14.8. The number of amides is 2. The van der Waals surface area contributed by atoms with Gasteiger partial charge in [-0.2, -0.15) is 0 Å². The van der Waals surface area contributed by atoms with Crippen molar-refractivity contribution in [3.8, 4) is 5.75 Å². The van der Waals surface area contributed by atoms with Gasteiger partial charge in [-0.05, 0) is 6.07 Å². The molecule has 1 aromatic rings. The van der Waals surface area contributed by atoms with Crippen LogP contribution < -0.4 is 16.4 Å². The van der Waals surface area contributed by atoms with Gasteiger partial charge in [0, 0.05) is 13.1 Å². The molecule has 0 aliphatic carbocycles. The molecule has 0 aromatic heterocycles. The van der Waals surface area contributed by atoms with Crippen molar-refractivity contribution in [1.82, 2.24) is 0 Å². The molecule has 2 amide bonds. The predicted molar refractivity (Wildman–Crippen MR) is 55.9 cm³/mol. The summed E-state index contributed by atoms with van der Waals surface area (Å²) in [4.78, 5) is 10.5. The van der Waals surface area contributed by atoms with Gasteiger partial charge in [0.2, 0.25) is 0 Å². The Bertz CT molecular complexity index is 368. The van der Waals surface area contributed by atoms with E-state index in [0.717, 1.165) is 0 Å². The van der Waals surface area contributed by atoms with Crippen LogP contribution in [0.2, 0.25) is 5.02 Å². The minimum absolute atomic E-state index is 0.0995. The fraction of sp³-hybridized carbons (Fsp3) is 0.125. The highest BCUT2D eigenvalue weighted by atomic mass is 35.5. The zero-order chi connectivity index (χ0) is 10.7. The van der Waals surface area contributed by atoms with Crippen LogP contribution in [0.25, 0.3) is 0 Å². The summed E-state index contributed by atoms with van der Waals surface area (Å²) in [5.41, 5.74) is 5.64. The van der Waals surface area contributed by atoms with E-state index in [0.29, 0.717) is 10.7 Å². The average Bonchev–Trinajstić information content (AvgIpc) is 2.10. The van der Waals surface area contributed by atoms with Crippen LogP contribution in [0.4, 0.5) is 16.2 Å². The van der Waals surface area contributed by atoms with E-state index in [9.17, 15) is 9.90 Å². The van der Waals surface area contributed by atoms with Crippen LogP contribution in [-0.4, -0.2) is 18.2 Å². The van der Waals surface area contributed by atoms with Gasteiger partial charge in [0.15, 0.2) is 0 Å². The van der Waals surface area contributed by atoms with Crippen molar-refractivity contribution in [3.05, 3.63) is 17.2 Å². The van der Waals surface area contributed by atoms with Crippen molar-refractivity contribution in [2.45, 2.75) is 0 Å². The minimum atomic E-state index is -0.756. The van der Waals surface area contributed by atoms with Crippen LogP contribution in [-0.2, 0) is 0 Å². The number of phenols is 1. The third-order valence-electron chi connectivity index (χ3n) is 1.61. The molecule has 5 nitrogen and oxygen atoms in total. The molecule has 1 rings (SSSR count). The number of urea groups is 1. The molecule has 0 spiro atoms. The number of rotatable bonds is 2. The molecule has 6 heteroatoms. The second-order valence-electron chi connectivity index (χ2n) is 2.59. The fourth-order valence-electron chi connectivity index (χ4n) is 0.986. The Morgan fingerprint density at radius 3 is 2.64 bits per heavy atom. The monoisotopic (exact) mass is 215 g/mol. The largest absolute Gasteiger partial charge is 0.506 e. The van der Waals surface area contributed by atoms with Gasteiger partial charge in [-0.25, -0.2) is 4.79 Å². The van der Waals surface area contributed by atoms with E-state index in [2.05, 4.69) is 10.6 Å². The first-order valence-electron chi connectivity index (χ1n) is 3.81. The second-order valence-corrected chi connectivity index (χ2v) is 3.00. The summed E-state index contributed by atoms with van der Waals surface area (Å²) in [6.07, 6.45) is 0. The molecule has 0 saturated carbocycles. The van der Waals surface area contributed by atoms with Crippen molar-refractivity contribution >= 4 is 29.0 Å². The van der Waals surface area contributed by atoms with Gasteiger partial charge in [0.1, 0.15) is 5.75 Å². The minimum Gasteiger partial charge on any atom is -0.506 e. The lowest BCUT2D eigenvalue weighted by molar-refractivity contribution is 0.259. The van der Waals surface area contributed by atoms with E-state index in [4.69, 9.17) is 17.3 Å². The van der Waals surface area contributed by atoms with Crippen LogP contribution in [0.5, 0.6) is 5.75 Å². The molecule has 0 fully saturated rings. The van der Waals surface area contributed by atoms with Crippen LogP contribution in [0.15, 0.2) is 12.1 Å². The van der Waals surface area contributed by atoms with Crippen LogP contribution in [0, 0.1) is 0 Å². The topological polar surface area (TPSA) is 87.4 Å². The molecule has 0 aliphatic heterocycles. The summed E-state index contributed by atoms with van der Waals surface area (Å²) < 4.78 is 0. The van der Waals surface area contributed by atoms with Gasteiger partial charge in [-0.3, -0.25) is 0 Å². The van der Waals surface area contributed by atoms with E-state index in [-0.39, 0.29) is 11.4 Å². The third-order valence-corrected chi connectivity index (χ3v) is 1.93. The Hall–Kier alpha value is -1.62. The summed E-state index contributed by atoms with van der Waals surface area (Å²) in [5.74, 6) is -0.0995. The number of nitrogens with one attached hydrogen (secondary N) is 2. The van der Waals surface area contributed by atoms with Crippen molar-refractivity contribution in [1.29, 1.82) is 0 Å². The number of carbonyl (C=O) groups is 1. The Labute approximate surface area is 85.9 Å². The molecule has 0 saturated heterocycles. The Kier molecular flexibility index (Phi) is 3.03. The summed E-state index contributed by atoms with van der Waals surface area (Å²) in [7, 11) is 1.67. The van der Waals surface area contributed by atoms with Gasteiger partial charge in [0.25, 0.3) is 0 Å². The number of nitrogens with two attached hydrogens (primary N) is 1. The Morgan fingerprint density at radius 2 is 2.14 bits per heavy atom. The molecule has 76 valence electrons. The molecule has 0 atom stereocenters. The van der Waals surface area contributed by atoms with Gasteiger partial charge < -0.3 is 21.5 Å². The first-order valence-corrected chi connectivity index (χ1v) is 4.19. The molecule has 0 aliphatic rings. The first-order chi connectivity index (χ1) is 6.54. The zero-order valence-electron chi connectivity index (χ0n) is 7.47. The second kappa shape index (κ2) is 4.06. The molecular weight excluding hydrogens is 206 g/mol. The number of hydrogen-bond donors (Lipinski definition) is 4. The van der Waals surface area contributed by atoms with Gasteiger partial charge in [-0.15, -0.1) is 0 Å². The molecule has 0 bridgehead atoms. The molecule has 1 aromatic carbocycles. The van der Waals surface area contributed by atoms with Gasteiger partial charge in [-0.1, -0.05) is 11.6 Å². The lowest BCUT2D eigenvalue weighted by atomic mass is 10.2. The highest BCUT2D eigenvalue weighted by molar-refractivity contribution is 6.33. The van der Waals surface area contributed by atoms with Gasteiger partial charge >= 0.3 is 6.03 Å². The molecule has 0 radical (unpaired) electrons. The fourth-order valence-corrected chi connectivity index (χ4v) is 1.24. The quantitative estimate of drug-likeness (QED) is 0.565. The number of hydrogen-bond acceptors (Lipinski definition) is 3. The lowest BCUT2D eigenvalue weighted by Gasteiger charge is -2.09. The van der Waals surface area contributed by atoms with E-state index in [1.54, 1.807) is 7.05 Å².